The quantitative estimate of drug-likeness (QED) is 0.706. The number of nitrogens with zero attached hydrogens (tertiary/aromatic N) is 4. The highest BCUT2D eigenvalue weighted by Gasteiger charge is 2.33. The van der Waals surface area contributed by atoms with Crippen molar-refractivity contribution in [3.8, 4) is 0 Å². The van der Waals surface area contributed by atoms with Crippen LogP contribution in [-0.2, 0) is 24.4 Å². The lowest BCUT2D eigenvalue weighted by Crippen LogP contribution is -2.38. The number of hydrogen-bond acceptors (Lipinski definition) is 4. The molecule has 0 spiro atoms. The minimum absolute atomic E-state index is 0.106. The van der Waals surface area contributed by atoms with Gasteiger partial charge in [0, 0.05) is 18.3 Å². The molecular formula is C19H15F2N5O3. The molecule has 2 aromatic carbocycles. The van der Waals surface area contributed by atoms with Crippen LogP contribution in [0.2, 0.25) is 0 Å². The predicted molar refractivity (Wildman–Crippen MR) is 98.1 cm³/mol. The molecule has 29 heavy (non-hydrogen) atoms. The van der Waals surface area contributed by atoms with Crippen LogP contribution in [0.5, 0.6) is 0 Å². The summed E-state index contributed by atoms with van der Waals surface area (Å²) in [6.07, 6.45) is 0. The first-order chi connectivity index (χ1) is 13.9. The fraction of sp³-hybridized carbons (Fsp3) is 0.158. The van der Waals surface area contributed by atoms with Crippen molar-refractivity contribution >= 4 is 17.6 Å². The summed E-state index contributed by atoms with van der Waals surface area (Å²) in [5.41, 5.74) is 0.139. The van der Waals surface area contributed by atoms with E-state index < -0.39 is 35.8 Å². The zero-order valence-electron chi connectivity index (χ0n) is 15.0. The van der Waals surface area contributed by atoms with Gasteiger partial charge in [0.05, 0.1) is 6.54 Å². The van der Waals surface area contributed by atoms with Gasteiger partial charge in [-0.3, -0.25) is 9.69 Å². The van der Waals surface area contributed by atoms with Crippen LogP contribution >= 0.6 is 0 Å². The Morgan fingerprint density at radius 3 is 2.45 bits per heavy atom. The van der Waals surface area contributed by atoms with Crippen molar-refractivity contribution in [2.24, 2.45) is 0 Å². The van der Waals surface area contributed by atoms with E-state index in [1.54, 1.807) is 24.3 Å². The number of halogens is 2. The Bertz CT molecular complexity index is 1140. The molecule has 10 heteroatoms. The normalized spacial score (nSPS) is 12.9. The first-order valence-corrected chi connectivity index (χ1v) is 8.69. The lowest BCUT2D eigenvalue weighted by molar-refractivity contribution is -0.122. The van der Waals surface area contributed by atoms with E-state index in [1.807, 2.05) is 6.07 Å². The number of anilines is 1. The highest BCUT2D eigenvalue weighted by atomic mass is 19.1. The van der Waals surface area contributed by atoms with Gasteiger partial charge in [0.15, 0.2) is 5.82 Å². The second kappa shape index (κ2) is 7.30. The number of para-hydroxylation sites is 1. The number of amides is 2. The summed E-state index contributed by atoms with van der Waals surface area (Å²) in [5, 5.41) is 2.47. The number of hydrogen-bond donors (Lipinski definition) is 1. The summed E-state index contributed by atoms with van der Waals surface area (Å²) in [4.78, 5) is 42.4. The Labute approximate surface area is 163 Å². The standard InChI is InChI=1S/C19H15F2N5O3/c20-13-6-12(7-14(21)8-13)9-22-17(27)11-25-18(28)23-16-10-24(19(29)26(16)25)15-4-2-1-3-5-15/h1-8H,9-11H2,(H,22,27). The fourth-order valence-corrected chi connectivity index (χ4v) is 3.13. The highest BCUT2D eigenvalue weighted by Crippen LogP contribution is 2.22. The van der Waals surface area contributed by atoms with Crippen molar-refractivity contribution in [3.63, 3.8) is 0 Å². The maximum absolute atomic E-state index is 13.2. The summed E-state index contributed by atoms with van der Waals surface area (Å²) in [5.74, 6) is -1.90. The number of rotatable bonds is 5. The van der Waals surface area contributed by atoms with Gasteiger partial charge in [-0.05, 0) is 29.8 Å². The molecule has 8 nitrogen and oxygen atoms in total. The Kier molecular flexibility index (Phi) is 4.67. The maximum Gasteiger partial charge on any atom is 0.365 e. The van der Waals surface area contributed by atoms with Crippen LogP contribution in [0.1, 0.15) is 11.4 Å². The minimum Gasteiger partial charge on any atom is -0.350 e. The van der Waals surface area contributed by atoms with Crippen molar-refractivity contribution in [3.05, 3.63) is 82.0 Å². The first-order valence-electron chi connectivity index (χ1n) is 8.69. The van der Waals surface area contributed by atoms with Gasteiger partial charge in [-0.15, -0.1) is 0 Å². The first kappa shape index (κ1) is 18.5. The smallest absolute Gasteiger partial charge is 0.350 e. The average Bonchev–Trinajstić information content (AvgIpc) is 3.16. The minimum atomic E-state index is -0.759. The zero-order chi connectivity index (χ0) is 20.5. The molecule has 0 unspecified atom stereocenters. The average molecular weight is 399 g/mol. The zero-order valence-corrected chi connectivity index (χ0v) is 15.0. The number of benzene rings is 2. The number of carbonyl (C=O) groups is 2. The number of carbonyl (C=O) groups excluding carboxylic acids is 2. The Hall–Kier alpha value is -3.82. The van der Waals surface area contributed by atoms with Gasteiger partial charge < -0.3 is 5.32 Å². The molecule has 4 rings (SSSR count). The topological polar surface area (TPSA) is 89.2 Å². The molecule has 148 valence electrons. The monoisotopic (exact) mass is 399 g/mol. The lowest BCUT2D eigenvalue weighted by atomic mass is 10.2. The largest absolute Gasteiger partial charge is 0.365 e. The van der Waals surface area contributed by atoms with E-state index in [-0.39, 0.29) is 24.5 Å². The molecule has 2 amide bonds. The number of aromatic nitrogens is 3. The molecule has 0 radical (unpaired) electrons. The summed E-state index contributed by atoms with van der Waals surface area (Å²) in [6.45, 7) is -0.485. The molecule has 3 aromatic rings. The third-order valence-corrected chi connectivity index (χ3v) is 4.42. The third kappa shape index (κ3) is 3.64. The van der Waals surface area contributed by atoms with Crippen LogP contribution in [-0.4, -0.2) is 26.3 Å². The van der Waals surface area contributed by atoms with Crippen molar-refractivity contribution in [2.45, 2.75) is 19.6 Å². The van der Waals surface area contributed by atoms with E-state index >= 15 is 0 Å². The lowest BCUT2D eigenvalue weighted by Gasteiger charge is -2.15. The highest BCUT2D eigenvalue weighted by molar-refractivity contribution is 5.95. The summed E-state index contributed by atoms with van der Waals surface area (Å²) in [6, 6.07) is 11.3. The molecule has 2 heterocycles. The van der Waals surface area contributed by atoms with Crippen LogP contribution in [0.15, 0.2) is 53.3 Å². The molecular weight excluding hydrogens is 384 g/mol. The molecule has 1 aromatic heterocycles. The van der Waals surface area contributed by atoms with E-state index in [2.05, 4.69) is 10.3 Å². The van der Waals surface area contributed by atoms with E-state index in [4.69, 9.17) is 0 Å². The fourth-order valence-electron chi connectivity index (χ4n) is 3.13. The molecule has 0 saturated carbocycles. The van der Waals surface area contributed by atoms with Gasteiger partial charge >= 0.3 is 11.7 Å². The van der Waals surface area contributed by atoms with Crippen LogP contribution < -0.4 is 15.9 Å². The van der Waals surface area contributed by atoms with Gasteiger partial charge in [-0.1, -0.05) is 18.2 Å². The number of fused-ring (bicyclic) bond motifs is 1. The van der Waals surface area contributed by atoms with E-state index in [0.29, 0.717) is 5.69 Å². The Balaban J connectivity index is 1.49. The Morgan fingerprint density at radius 1 is 1.07 bits per heavy atom. The molecule has 0 bridgehead atoms. The van der Waals surface area contributed by atoms with Crippen molar-refractivity contribution in [1.82, 2.24) is 19.7 Å². The molecule has 1 aliphatic heterocycles. The summed E-state index contributed by atoms with van der Waals surface area (Å²) < 4.78 is 28.5. The van der Waals surface area contributed by atoms with Gasteiger partial charge in [0.25, 0.3) is 0 Å². The molecule has 0 atom stereocenters. The van der Waals surface area contributed by atoms with Crippen LogP contribution in [0.4, 0.5) is 19.3 Å². The molecule has 1 N–H and O–H groups in total. The van der Waals surface area contributed by atoms with E-state index in [9.17, 15) is 23.2 Å². The van der Waals surface area contributed by atoms with Gasteiger partial charge in [0.2, 0.25) is 5.91 Å². The maximum atomic E-state index is 13.2. The van der Waals surface area contributed by atoms with Gasteiger partial charge in [-0.25, -0.2) is 23.1 Å². The van der Waals surface area contributed by atoms with Crippen molar-refractivity contribution in [1.29, 1.82) is 0 Å². The van der Waals surface area contributed by atoms with E-state index in [1.165, 1.54) is 4.90 Å². The van der Waals surface area contributed by atoms with Crippen molar-refractivity contribution in [2.75, 3.05) is 4.90 Å². The van der Waals surface area contributed by atoms with Crippen LogP contribution in [0.3, 0.4) is 0 Å². The molecule has 0 aliphatic carbocycles. The second-order valence-corrected chi connectivity index (χ2v) is 6.44. The SMILES string of the molecule is O=C(Cn1c(=O)nc2n1C(=O)N(c1ccccc1)C2)NCc1cc(F)cc(F)c1. The molecule has 0 saturated heterocycles. The molecule has 0 fully saturated rings. The Morgan fingerprint density at radius 2 is 1.76 bits per heavy atom. The van der Waals surface area contributed by atoms with Gasteiger partial charge in [0.1, 0.15) is 18.2 Å². The third-order valence-electron chi connectivity index (χ3n) is 4.42. The van der Waals surface area contributed by atoms with Gasteiger partial charge in [-0.2, -0.15) is 9.67 Å². The number of nitrogens with one attached hydrogen (secondary N) is 1. The summed E-state index contributed by atoms with van der Waals surface area (Å²) >= 11 is 0. The predicted octanol–water partition coefficient (Wildman–Crippen LogP) is 1.63. The van der Waals surface area contributed by atoms with Crippen molar-refractivity contribution < 1.29 is 18.4 Å². The summed E-state index contributed by atoms with van der Waals surface area (Å²) in [7, 11) is 0. The second-order valence-electron chi connectivity index (χ2n) is 6.44. The van der Waals surface area contributed by atoms with Crippen LogP contribution in [0, 0.1) is 11.6 Å². The van der Waals surface area contributed by atoms with E-state index in [0.717, 1.165) is 27.6 Å². The van der Waals surface area contributed by atoms with Crippen LogP contribution in [0.25, 0.3) is 0 Å². The molecule has 1 aliphatic rings.